The summed E-state index contributed by atoms with van der Waals surface area (Å²) in [6.45, 7) is 1.81. The molecule has 0 radical (unpaired) electrons. The average molecular weight is 149 g/mol. The van der Waals surface area contributed by atoms with Crippen LogP contribution in [0.1, 0.15) is 5.69 Å². The van der Waals surface area contributed by atoms with Gasteiger partial charge in [-0.05, 0) is 6.92 Å². The number of hydrogen-bond acceptors (Lipinski definition) is 3. The predicted molar refractivity (Wildman–Crippen MR) is 39.4 cm³/mol. The van der Waals surface area contributed by atoms with Crippen molar-refractivity contribution in [1.29, 1.82) is 0 Å². The van der Waals surface area contributed by atoms with Gasteiger partial charge in [-0.2, -0.15) is 0 Å². The molecule has 0 unspecified atom stereocenters. The summed E-state index contributed by atoms with van der Waals surface area (Å²) < 4.78 is 1.73. The molecule has 2 heterocycles. The second-order valence-corrected chi connectivity index (χ2v) is 2.34. The van der Waals surface area contributed by atoms with E-state index in [1.165, 1.54) is 6.20 Å². The van der Waals surface area contributed by atoms with E-state index in [0.717, 1.165) is 11.3 Å². The first kappa shape index (κ1) is 6.15. The highest BCUT2D eigenvalue weighted by atomic mass is 16.3. The number of aromatic nitrogens is 3. The lowest BCUT2D eigenvalue weighted by molar-refractivity contribution is 0.448. The predicted octanol–water partition coefficient (Wildman–Crippen LogP) is 0.743. The molecule has 0 amide bonds. The van der Waals surface area contributed by atoms with Crippen molar-refractivity contribution in [2.45, 2.75) is 6.92 Å². The number of aromatic hydroxyl groups is 1. The lowest BCUT2D eigenvalue weighted by Crippen LogP contribution is -1.90. The summed E-state index contributed by atoms with van der Waals surface area (Å²) in [7, 11) is 0. The maximum Gasteiger partial charge on any atom is 0.228 e. The van der Waals surface area contributed by atoms with Gasteiger partial charge < -0.3 is 9.51 Å². The van der Waals surface area contributed by atoms with Crippen LogP contribution < -0.4 is 0 Å². The van der Waals surface area contributed by atoms with E-state index in [2.05, 4.69) is 9.97 Å². The molecule has 11 heavy (non-hydrogen) atoms. The summed E-state index contributed by atoms with van der Waals surface area (Å²) in [6.07, 6.45) is 4.96. The van der Waals surface area contributed by atoms with E-state index in [1.807, 2.05) is 6.92 Å². The number of fused-ring (bicyclic) bond motifs is 1. The Morgan fingerprint density at radius 3 is 3.18 bits per heavy atom. The van der Waals surface area contributed by atoms with Crippen molar-refractivity contribution in [2.75, 3.05) is 0 Å². The number of aryl methyl sites for hydroxylation is 1. The quantitative estimate of drug-likeness (QED) is 0.601. The van der Waals surface area contributed by atoms with Crippen molar-refractivity contribution in [1.82, 2.24) is 14.4 Å². The Kier molecular flexibility index (Phi) is 1.09. The van der Waals surface area contributed by atoms with Crippen molar-refractivity contribution in [3.05, 3.63) is 24.3 Å². The van der Waals surface area contributed by atoms with Crippen molar-refractivity contribution < 1.29 is 5.11 Å². The summed E-state index contributed by atoms with van der Waals surface area (Å²) >= 11 is 0. The molecule has 0 fully saturated rings. The summed E-state index contributed by atoms with van der Waals surface area (Å²) in [5.74, 6) is 0.0213. The minimum Gasteiger partial charge on any atom is -0.492 e. The summed E-state index contributed by atoms with van der Waals surface area (Å²) in [5, 5.41) is 9.07. The first-order valence-electron chi connectivity index (χ1n) is 3.26. The molecule has 56 valence electrons. The molecule has 1 N–H and O–H groups in total. The molecule has 0 aliphatic heterocycles. The molecular weight excluding hydrogens is 142 g/mol. The maximum absolute atomic E-state index is 9.07. The third-order valence-corrected chi connectivity index (χ3v) is 1.53. The SMILES string of the molecule is Cc1nc(O)cn2ccnc12. The van der Waals surface area contributed by atoms with Gasteiger partial charge in [0.2, 0.25) is 5.88 Å². The Bertz CT molecular complexity index is 393. The molecule has 4 nitrogen and oxygen atoms in total. The van der Waals surface area contributed by atoms with Crippen molar-refractivity contribution >= 4 is 5.65 Å². The van der Waals surface area contributed by atoms with Crippen molar-refractivity contribution in [3.63, 3.8) is 0 Å². The van der Waals surface area contributed by atoms with Crippen LogP contribution in [0.3, 0.4) is 0 Å². The van der Waals surface area contributed by atoms with Gasteiger partial charge in [-0.3, -0.25) is 0 Å². The second kappa shape index (κ2) is 1.95. The minimum atomic E-state index is 0.0213. The Hall–Kier alpha value is -1.58. The highest BCUT2D eigenvalue weighted by Gasteiger charge is 2.00. The lowest BCUT2D eigenvalue weighted by Gasteiger charge is -1.96. The van der Waals surface area contributed by atoms with Crippen LogP contribution in [0, 0.1) is 6.92 Å². The third-order valence-electron chi connectivity index (χ3n) is 1.53. The molecule has 0 spiro atoms. The van der Waals surface area contributed by atoms with Crippen LogP contribution in [0.15, 0.2) is 18.6 Å². The number of rotatable bonds is 0. The number of hydrogen-bond donors (Lipinski definition) is 1. The van der Waals surface area contributed by atoms with E-state index in [-0.39, 0.29) is 5.88 Å². The summed E-state index contributed by atoms with van der Waals surface area (Å²) in [6, 6.07) is 0. The van der Waals surface area contributed by atoms with Crippen LogP contribution in [0.2, 0.25) is 0 Å². The maximum atomic E-state index is 9.07. The van der Waals surface area contributed by atoms with E-state index in [4.69, 9.17) is 5.11 Å². The summed E-state index contributed by atoms with van der Waals surface area (Å²) in [4.78, 5) is 7.89. The molecule has 0 saturated heterocycles. The molecular formula is C7H7N3O. The number of imidazole rings is 1. The van der Waals surface area contributed by atoms with Crippen LogP contribution in [-0.4, -0.2) is 19.5 Å². The standard InChI is InChI=1S/C7H7N3O/c1-5-7-8-2-3-10(7)4-6(11)9-5/h2-4,11H,1H3. The van der Waals surface area contributed by atoms with E-state index in [0.29, 0.717) is 0 Å². The first-order chi connectivity index (χ1) is 5.27. The smallest absolute Gasteiger partial charge is 0.228 e. The normalized spacial score (nSPS) is 10.6. The first-order valence-corrected chi connectivity index (χ1v) is 3.26. The molecule has 0 atom stereocenters. The summed E-state index contributed by atoms with van der Waals surface area (Å²) in [5.41, 5.74) is 1.51. The Morgan fingerprint density at radius 2 is 2.36 bits per heavy atom. The van der Waals surface area contributed by atoms with Gasteiger partial charge in [-0.25, -0.2) is 9.97 Å². The molecule has 0 saturated carbocycles. The highest BCUT2D eigenvalue weighted by molar-refractivity contribution is 5.43. The van der Waals surface area contributed by atoms with Crippen molar-refractivity contribution in [3.8, 4) is 5.88 Å². The second-order valence-electron chi connectivity index (χ2n) is 2.34. The molecule has 0 aliphatic rings. The van der Waals surface area contributed by atoms with Crippen LogP contribution in [0.4, 0.5) is 0 Å². The molecule has 2 aromatic heterocycles. The van der Waals surface area contributed by atoms with Crippen molar-refractivity contribution in [2.24, 2.45) is 0 Å². The van der Waals surface area contributed by atoms with Gasteiger partial charge in [-0.1, -0.05) is 0 Å². The fourth-order valence-electron chi connectivity index (χ4n) is 1.07. The fourth-order valence-corrected chi connectivity index (χ4v) is 1.07. The van der Waals surface area contributed by atoms with Gasteiger partial charge in [0, 0.05) is 12.4 Å². The zero-order chi connectivity index (χ0) is 7.84. The van der Waals surface area contributed by atoms with E-state index in [9.17, 15) is 0 Å². The van der Waals surface area contributed by atoms with Crippen LogP contribution in [0.5, 0.6) is 5.88 Å². The van der Waals surface area contributed by atoms with E-state index in [1.54, 1.807) is 16.8 Å². The van der Waals surface area contributed by atoms with Gasteiger partial charge in [0.25, 0.3) is 0 Å². The van der Waals surface area contributed by atoms with Crippen LogP contribution in [-0.2, 0) is 0 Å². The van der Waals surface area contributed by atoms with Gasteiger partial charge in [-0.15, -0.1) is 0 Å². The highest BCUT2D eigenvalue weighted by Crippen LogP contribution is 2.09. The Labute approximate surface area is 63.1 Å². The average Bonchev–Trinajstić information content (AvgIpc) is 2.34. The molecule has 0 aliphatic carbocycles. The molecule has 0 bridgehead atoms. The van der Waals surface area contributed by atoms with Crippen LogP contribution >= 0.6 is 0 Å². The van der Waals surface area contributed by atoms with E-state index < -0.39 is 0 Å². The minimum absolute atomic E-state index is 0.0213. The fraction of sp³-hybridized carbons (Fsp3) is 0.143. The molecule has 2 rings (SSSR count). The largest absolute Gasteiger partial charge is 0.492 e. The van der Waals surface area contributed by atoms with Gasteiger partial charge >= 0.3 is 0 Å². The molecule has 4 heteroatoms. The molecule has 2 aromatic rings. The lowest BCUT2D eigenvalue weighted by atomic mass is 10.5. The van der Waals surface area contributed by atoms with Crippen LogP contribution in [0.25, 0.3) is 5.65 Å². The van der Waals surface area contributed by atoms with Gasteiger partial charge in [0.15, 0.2) is 5.65 Å². The Balaban J connectivity index is 2.91. The van der Waals surface area contributed by atoms with E-state index >= 15 is 0 Å². The topological polar surface area (TPSA) is 50.4 Å². The monoisotopic (exact) mass is 149 g/mol. The zero-order valence-corrected chi connectivity index (χ0v) is 6.02. The third kappa shape index (κ3) is 0.832. The van der Waals surface area contributed by atoms with Gasteiger partial charge in [0.05, 0.1) is 11.9 Å². The Morgan fingerprint density at radius 1 is 1.55 bits per heavy atom. The zero-order valence-electron chi connectivity index (χ0n) is 6.02. The van der Waals surface area contributed by atoms with Gasteiger partial charge in [0.1, 0.15) is 0 Å². The molecule has 0 aromatic carbocycles. The number of nitrogens with zero attached hydrogens (tertiary/aromatic N) is 3.